The molecular formula is C15H26N2O2. The highest BCUT2D eigenvalue weighted by Gasteiger charge is 2.24. The molecule has 4 heteroatoms. The van der Waals surface area contributed by atoms with Gasteiger partial charge in [-0.25, -0.2) is 0 Å². The Labute approximate surface area is 115 Å². The van der Waals surface area contributed by atoms with Gasteiger partial charge >= 0.3 is 0 Å². The third-order valence-electron chi connectivity index (χ3n) is 3.94. The molecule has 19 heavy (non-hydrogen) atoms. The average Bonchev–Trinajstić information content (AvgIpc) is 2.77. The summed E-state index contributed by atoms with van der Waals surface area (Å²) >= 11 is 0. The molecule has 1 unspecified atom stereocenters. The molecule has 0 aliphatic rings. The fourth-order valence-electron chi connectivity index (χ4n) is 2.28. The fourth-order valence-corrected chi connectivity index (χ4v) is 2.28. The number of rotatable bonds is 7. The molecule has 0 aliphatic heterocycles. The molecule has 0 spiro atoms. The molecule has 1 N–H and O–H groups in total. The number of nitrogens with one attached hydrogen (secondary N) is 1. The van der Waals surface area contributed by atoms with Crippen molar-refractivity contribution in [1.82, 2.24) is 10.5 Å². The summed E-state index contributed by atoms with van der Waals surface area (Å²) in [5.74, 6) is 0.661. The quantitative estimate of drug-likeness (QED) is 0.822. The first-order valence-electron chi connectivity index (χ1n) is 7.20. The van der Waals surface area contributed by atoms with E-state index in [2.05, 4.69) is 31.2 Å². The third kappa shape index (κ3) is 3.82. The van der Waals surface area contributed by atoms with Gasteiger partial charge in [-0.15, -0.1) is 0 Å². The van der Waals surface area contributed by atoms with Gasteiger partial charge in [0.25, 0.3) is 5.91 Å². The van der Waals surface area contributed by atoms with Crippen LogP contribution >= 0.6 is 0 Å². The topological polar surface area (TPSA) is 55.1 Å². The second-order valence-corrected chi connectivity index (χ2v) is 5.53. The predicted octanol–water partition coefficient (Wildman–Crippen LogP) is 3.49. The van der Waals surface area contributed by atoms with E-state index in [1.165, 1.54) is 0 Å². The normalized spacial score (nSPS) is 14.2. The Morgan fingerprint density at radius 1 is 1.37 bits per heavy atom. The summed E-state index contributed by atoms with van der Waals surface area (Å²) in [5, 5.41) is 6.86. The number of carbonyl (C=O) groups is 1. The molecule has 1 rings (SSSR count). The molecule has 0 saturated heterocycles. The van der Waals surface area contributed by atoms with Gasteiger partial charge < -0.3 is 9.84 Å². The van der Waals surface area contributed by atoms with E-state index in [-0.39, 0.29) is 11.3 Å². The largest absolute Gasteiger partial charge is 0.360 e. The Kier molecular flexibility index (Phi) is 5.58. The Morgan fingerprint density at radius 2 is 2.05 bits per heavy atom. The zero-order valence-corrected chi connectivity index (χ0v) is 12.8. The maximum Gasteiger partial charge on any atom is 0.273 e. The number of hydrogen-bond acceptors (Lipinski definition) is 3. The van der Waals surface area contributed by atoms with Crippen molar-refractivity contribution in [2.75, 3.05) is 6.54 Å². The van der Waals surface area contributed by atoms with Gasteiger partial charge in [0, 0.05) is 18.5 Å². The van der Waals surface area contributed by atoms with Crippen LogP contribution in [-0.4, -0.2) is 17.6 Å². The molecule has 0 fully saturated rings. The summed E-state index contributed by atoms with van der Waals surface area (Å²) < 4.78 is 5.16. The Morgan fingerprint density at radius 3 is 2.53 bits per heavy atom. The van der Waals surface area contributed by atoms with E-state index < -0.39 is 0 Å². The van der Waals surface area contributed by atoms with Crippen molar-refractivity contribution in [2.45, 2.75) is 60.3 Å². The lowest BCUT2D eigenvalue weighted by Gasteiger charge is -2.27. The summed E-state index contributed by atoms with van der Waals surface area (Å²) in [6.45, 7) is 11.1. The van der Waals surface area contributed by atoms with E-state index in [0.29, 0.717) is 12.2 Å². The monoisotopic (exact) mass is 266 g/mol. The standard InChI is InChI=1S/C15H26N2O2/c1-6-9-15(5,8-3)10-16-14(18)13-11(4)12(7-2)19-17-13/h6-10H2,1-5H3,(H,16,18). The molecule has 0 bridgehead atoms. The van der Waals surface area contributed by atoms with Crippen LogP contribution in [0.5, 0.6) is 0 Å². The van der Waals surface area contributed by atoms with Crippen molar-refractivity contribution in [3.63, 3.8) is 0 Å². The molecule has 0 aromatic carbocycles. The van der Waals surface area contributed by atoms with Gasteiger partial charge in [-0.1, -0.05) is 39.3 Å². The van der Waals surface area contributed by atoms with Gasteiger partial charge in [0.1, 0.15) is 5.76 Å². The van der Waals surface area contributed by atoms with E-state index in [0.717, 1.165) is 37.0 Å². The van der Waals surface area contributed by atoms with E-state index in [9.17, 15) is 4.79 Å². The maximum absolute atomic E-state index is 12.1. The highest BCUT2D eigenvalue weighted by molar-refractivity contribution is 5.93. The van der Waals surface area contributed by atoms with Crippen molar-refractivity contribution in [1.29, 1.82) is 0 Å². The molecule has 0 aliphatic carbocycles. The van der Waals surface area contributed by atoms with Crippen molar-refractivity contribution in [3.05, 3.63) is 17.0 Å². The Bertz CT molecular complexity index is 426. The van der Waals surface area contributed by atoms with Crippen molar-refractivity contribution in [2.24, 2.45) is 5.41 Å². The molecule has 4 nitrogen and oxygen atoms in total. The van der Waals surface area contributed by atoms with Crippen LogP contribution in [0.25, 0.3) is 0 Å². The van der Waals surface area contributed by atoms with E-state index in [1.807, 2.05) is 13.8 Å². The number of aromatic nitrogens is 1. The highest BCUT2D eigenvalue weighted by atomic mass is 16.5. The summed E-state index contributed by atoms with van der Waals surface area (Å²) in [6, 6.07) is 0. The summed E-state index contributed by atoms with van der Waals surface area (Å²) in [7, 11) is 0. The molecule has 1 heterocycles. The molecule has 1 aromatic heterocycles. The summed E-state index contributed by atoms with van der Waals surface area (Å²) in [6.07, 6.45) is 4.05. The van der Waals surface area contributed by atoms with Crippen LogP contribution < -0.4 is 5.32 Å². The third-order valence-corrected chi connectivity index (χ3v) is 3.94. The van der Waals surface area contributed by atoms with Crippen LogP contribution in [-0.2, 0) is 6.42 Å². The van der Waals surface area contributed by atoms with Gasteiger partial charge in [-0.2, -0.15) is 0 Å². The van der Waals surface area contributed by atoms with E-state index >= 15 is 0 Å². The van der Waals surface area contributed by atoms with Crippen LogP contribution in [0.1, 0.15) is 68.8 Å². The lowest BCUT2D eigenvalue weighted by molar-refractivity contribution is 0.0919. The van der Waals surface area contributed by atoms with Gasteiger partial charge in [0.15, 0.2) is 5.69 Å². The van der Waals surface area contributed by atoms with E-state index in [4.69, 9.17) is 4.52 Å². The maximum atomic E-state index is 12.1. The Hall–Kier alpha value is -1.32. The number of hydrogen-bond donors (Lipinski definition) is 1. The number of aryl methyl sites for hydroxylation is 1. The molecule has 1 atom stereocenters. The van der Waals surface area contributed by atoms with Gasteiger partial charge in [-0.05, 0) is 25.2 Å². The van der Waals surface area contributed by atoms with Crippen molar-refractivity contribution < 1.29 is 9.32 Å². The predicted molar refractivity (Wildman–Crippen MR) is 76.3 cm³/mol. The van der Waals surface area contributed by atoms with Crippen molar-refractivity contribution in [3.8, 4) is 0 Å². The molecule has 1 aromatic rings. The lowest BCUT2D eigenvalue weighted by atomic mass is 9.83. The summed E-state index contributed by atoms with van der Waals surface area (Å²) in [5.41, 5.74) is 1.44. The Balaban J connectivity index is 2.67. The van der Waals surface area contributed by atoms with Gasteiger partial charge in [0.05, 0.1) is 0 Å². The average molecular weight is 266 g/mol. The van der Waals surface area contributed by atoms with Crippen LogP contribution in [0.4, 0.5) is 0 Å². The second kappa shape index (κ2) is 6.73. The summed E-state index contributed by atoms with van der Waals surface area (Å²) in [4.78, 5) is 12.1. The minimum Gasteiger partial charge on any atom is -0.360 e. The first-order valence-corrected chi connectivity index (χ1v) is 7.20. The first kappa shape index (κ1) is 15.7. The van der Waals surface area contributed by atoms with Crippen molar-refractivity contribution >= 4 is 5.91 Å². The number of carbonyl (C=O) groups excluding carboxylic acids is 1. The fraction of sp³-hybridized carbons (Fsp3) is 0.733. The van der Waals surface area contributed by atoms with Crippen LogP contribution in [0, 0.1) is 12.3 Å². The molecule has 108 valence electrons. The zero-order valence-electron chi connectivity index (χ0n) is 12.8. The number of amides is 1. The highest BCUT2D eigenvalue weighted by Crippen LogP contribution is 2.26. The van der Waals surface area contributed by atoms with Gasteiger partial charge in [0.2, 0.25) is 0 Å². The van der Waals surface area contributed by atoms with Crippen LogP contribution in [0.15, 0.2) is 4.52 Å². The van der Waals surface area contributed by atoms with E-state index in [1.54, 1.807) is 0 Å². The smallest absolute Gasteiger partial charge is 0.273 e. The van der Waals surface area contributed by atoms with Crippen LogP contribution in [0.2, 0.25) is 0 Å². The number of nitrogens with zero attached hydrogens (tertiary/aromatic N) is 1. The van der Waals surface area contributed by atoms with Gasteiger partial charge in [-0.3, -0.25) is 4.79 Å². The molecule has 1 amide bonds. The lowest BCUT2D eigenvalue weighted by Crippen LogP contribution is -2.35. The molecule has 0 radical (unpaired) electrons. The molecular weight excluding hydrogens is 240 g/mol. The minimum atomic E-state index is -0.128. The second-order valence-electron chi connectivity index (χ2n) is 5.53. The van der Waals surface area contributed by atoms with Crippen LogP contribution in [0.3, 0.4) is 0 Å². The zero-order chi connectivity index (χ0) is 14.5. The first-order chi connectivity index (χ1) is 8.97. The molecule has 0 saturated carbocycles. The SMILES string of the molecule is CCCC(C)(CC)CNC(=O)c1noc(CC)c1C. The minimum absolute atomic E-state index is 0.128.